The van der Waals surface area contributed by atoms with E-state index in [2.05, 4.69) is 15.7 Å². The fourth-order valence-electron chi connectivity index (χ4n) is 2.56. The number of benzene rings is 1. The minimum atomic E-state index is -0.287. The van der Waals surface area contributed by atoms with Crippen molar-refractivity contribution in [3.8, 4) is 11.5 Å². The topological polar surface area (TPSA) is 77.4 Å². The molecule has 0 radical (unpaired) electrons. The van der Waals surface area contributed by atoms with Crippen molar-refractivity contribution in [3.05, 3.63) is 35.2 Å². The summed E-state index contributed by atoms with van der Waals surface area (Å²) in [5, 5.41) is 10.1. The van der Waals surface area contributed by atoms with E-state index >= 15 is 0 Å². The summed E-state index contributed by atoms with van der Waals surface area (Å²) in [7, 11) is 3.12. The van der Waals surface area contributed by atoms with E-state index in [1.807, 2.05) is 25.5 Å². The maximum Gasteiger partial charge on any atom is 0.319 e. The van der Waals surface area contributed by atoms with Crippen LogP contribution in [0.2, 0.25) is 0 Å². The van der Waals surface area contributed by atoms with Gasteiger partial charge in [0.15, 0.2) is 11.5 Å². The van der Waals surface area contributed by atoms with E-state index in [1.54, 1.807) is 32.4 Å². The molecular formula is C17H24N4O3. The van der Waals surface area contributed by atoms with Gasteiger partial charge in [0.2, 0.25) is 0 Å². The van der Waals surface area contributed by atoms with Crippen LogP contribution in [0.4, 0.5) is 10.5 Å². The third kappa shape index (κ3) is 3.79. The van der Waals surface area contributed by atoms with Gasteiger partial charge in [-0.15, -0.1) is 0 Å². The molecule has 7 nitrogen and oxygen atoms in total. The van der Waals surface area contributed by atoms with Crippen molar-refractivity contribution in [1.29, 1.82) is 0 Å². The SMILES string of the molecule is CCn1nc(C)c(CNC(=O)Nc2ccc(OC)c(OC)c2)c1C. The lowest BCUT2D eigenvalue weighted by Crippen LogP contribution is -2.28. The fourth-order valence-corrected chi connectivity index (χ4v) is 2.56. The summed E-state index contributed by atoms with van der Waals surface area (Å²) >= 11 is 0. The van der Waals surface area contributed by atoms with Crippen LogP contribution in [0.5, 0.6) is 11.5 Å². The quantitative estimate of drug-likeness (QED) is 0.853. The van der Waals surface area contributed by atoms with Crippen LogP contribution in [0.3, 0.4) is 0 Å². The number of aryl methyl sites for hydroxylation is 2. The Balaban J connectivity index is 2.00. The van der Waals surface area contributed by atoms with Crippen LogP contribution in [0.25, 0.3) is 0 Å². The van der Waals surface area contributed by atoms with Crippen molar-refractivity contribution < 1.29 is 14.3 Å². The Bertz CT molecular complexity index is 725. The molecule has 0 fully saturated rings. The number of amides is 2. The van der Waals surface area contributed by atoms with Crippen molar-refractivity contribution >= 4 is 11.7 Å². The second kappa shape index (κ2) is 7.72. The van der Waals surface area contributed by atoms with E-state index in [9.17, 15) is 4.79 Å². The lowest BCUT2D eigenvalue weighted by Gasteiger charge is -2.11. The van der Waals surface area contributed by atoms with Crippen LogP contribution >= 0.6 is 0 Å². The first-order valence-electron chi connectivity index (χ1n) is 7.79. The van der Waals surface area contributed by atoms with Crippen LogP contribution in [0.15, 0.2) is 18.2 Å². The molecule has 130 valence electrons. The Morgan fingerprint density at radius 2 is 1.92 bits per heavy atom. The number of hydrogen-bond donors (Lipinski definition) is 2. The molecule has 2 aromatic rings. The van der Waals surface area contributed by atoms with Crippen LogP contribution < -0.4 is 20.1 Å². The Morgan fingerprint density at radius 1 is 1.21 bits per heavy atom. The molecule has 2 N–H and O–H groups in total. The fraction of sp³-hybridized carbons (Fsp3) is 0.412. The monoisotopic (exact) mass is 332 g/mol. The number of nitrogens with one attached hydrogen (secondary N) is 2. The molecule has 0 atom stereocenters. The molecule has 24 heavy (non-hydrogen) atoms. The van der Waals surface area contributed by atoms with Crippen molar-refractivity contribution in [2.45, 2.75) is 33.9 Å². The Hall–Kier alpha value is -2.70. The zero-order valence-electron chi connectivity index (χ0n) is 14.8. The maximum atomic E-state index is 12.1. The van der Waals surface area contributed by atoms with E-state index in [-0.39, 0.29) is 6.03 Å². The molecular weight excluding hydrogens is 308 g/mol. The lowest BCUT2D eigenvalue weighted by atomic mass is 10.2. The first-order valence-corrected chi connectivity index (χ1v) is 7.79. The number of nitrogens with zero attached hydrogens (tertiary/aromatic N) is 2. The van der Waals surface area contributed by atoms with Crippen molar-refractivity contribution in [3.63, 3.8) is 0 Å². The van der Waals surface area contributed by atoms with Gasteiger partial charge >= 0.3 is 6.03 Å². The molecule has 0 aliphatic carbocycles. The van der Waals surface area contributed by atoms with Gasteiger partial charge in [-0.25, -0.2) is 4.79 Å². The Morgan fingerprint density at radius 3 is 2.50 bits per heavy atom. The average molecular weight is 332 g/mol. The largest absolute Gasteiger partial charge is 0.493 e. The first kappa shape index (κ1) is 17.7. The smallest absolute Gasteiger partial charge is 0.319 e. The number of anilines is 1. The van der Waals surface area contributed by atoms with Crippen molar-refractivity contribution in [2.75, 3.05) is 19.5 Å². The molecule has 1 aromatic heterocycles. The van der Waals surface area contributed by atoms with E-state index in [1.165, 1.54) is 0 Å². The molecule has 7 heteroatoms. The van der Waals surface area contributed by atoms with Gasteiger partial charge in [-0.3, -0.25) is 4.68 Å². The van der Waals surface area contributed by atoms with Gasteiger partial charge < -0.3 is 20.1 Å². The van der Waals surface area contributed by atoms with Gasteiger partial charge in [-0.1, -0.05) is 0 Å². The molecule has 0 saturated heterocycles. The highest BCUT2D eigenvalue weighted by atomic mass is 16.5. The summed E-state index contributed by atoms with van der Waals surface area (Å²) in [6.45, 7) is 7.23. The highest BCUT2D eigenvalue weighted by molar-refractivity contribution is 5.89. The first-order chi connectivity index (χ1) is 11.5. The van der Waals surface area contributed by atoms with Gasteiger partial charge in [0, 0.05) is 36.1 Å². The minimum Gasteiger partial charge on any atom is -0.493 e. The maximum absolute atomic E-state index is 12.1. The van der Waals surface area contributed by atoms with Gasteiger partial charge in [-0.2, -0.15) is 5.10 Å². The molecule has 0 unspecified atom stereocenters. The predicted molar refractivity (Wildman–Crippen MR) is 92.8 cm³/mol. The van der Waals surface area contributed by atoms with Gasteiger partial charge in [-0.05, 0) is 32.9 Å². The molecule has 0 spiro atoms. The summed E-state index contributed by atoms with van der Waals surface area (Å²) < 4.78 is 12.3. The number of urea groups is 1. The second-order valence-corrected chi connectivity index (χ2v) is 5.34. The van der Waals surface area contributed by atoms with E-state index in [0.29, 0.717) is 23.7 Å². The number of ether oxygens (including phenoxy) is 2. The molecule has 0 aliphatic heterocycles. The number of carbonyl (C=O) groups is 1. The van der Waals surface area contributed by atoms with Crippen LogP contribution in [-0.4, -0.2) is 30.0 Å². The van der Waals surface area contributed by atoms with E-state index in [4.69, 9.17) is 9.47 Å². The molecule has 1 aromatic carbocycles. The minimum absolute atomic E-state index is 0.287. The lowest BCUT2D eigenvalue weighted by molar-refractivity contribution is 0.251. The Labute approximate surface area is 142 Å². The predicted octanol–water partition coefficient (Wildman–Crippen LogP) is 2.86. The van der Waals surface area contributed by atoms with E-state index in [0.717, 1.165) is 23.5 Å². The zero-order valence-corrected chi connectivity index (χ0v) is 14.8. The molecule has 0 aliphatic rings. The van der Waals surface area contributed by atoms with Crippen LogP contribution in [0, 0.1) is 13.8 Å². The number of aromatic nitrogens is 2. The van der Waals surface area contributed by atoms with Crippen molar-refractivity contribution in [1.82, 2.24) is 15.1 Å². The summed E-state index contributed by atoms with van der Waals surface area (Å²) in [4.78, 5) is 12.1. The number of methoxy groups -OCH3 is 2. The third-order valence-corrected chi connectivity index (χ3v) is 3.90. The third-order valence-electron chi connectivity index (χ3n) is 3.90. The normalized spacial score (nSPS) is 10.4. The van der Waals surface area contributed by atoms with Gasteiger partial charge in [0.25, 0.3) is 0 Å². The van der Waals surface area contributed by atoms with Crippen molar-refractivity contribution in [2.24, 2.45) is 0 Å². The molecule has 2 rings (SSSR count). The number of carbonyl (C=O) groups excluding carboxylic acids is 1. The van der Waals surface area contributed by atoms with E-state index < -0.39 is 0 Å². The number of rotatable bonds is 6. The van der Waals surface area contributed by atoms with Gasteiger partial charge in [0.1, 0.15) is 0 Å². The molecule has 0 saturated carbocycles. The molecule has 1 heterocycles. The Kier molecular flexibility index (Phi) is 5.68. The number of hydrogen-bond acceptors (Lipinski definition) is 4. The molecule has 2 amide bonds. The van der Waals surface area contributed by atoms with Crippen LogP contribution in [-0.2, 0) is 13.1 Å². The van der Waals surface area contributed by atoms with Gasteiger partial charge in [0.05, 0.1) is 19.9 Å². The highest BCUT2D eigenvalue weighted by Crippen LogP contribution is 2.29. The highest BCUT2D eigenvalue weighted by Gasteiger charge is 2.12. The molecule has 0 bridgehead atoms. The summed E-state index contributed by atoms with van der Waals surface area (Å²) in [5.41, 5.74) is 3.67. The second-order valence-electron chi connectivity index (χ2n) is 5.34. The average Bonchev–Trinajstić information content (AvgIpc) is 2.86. The zero-order chi connectivity index (χ0) is 17.7. The standard InChI is InChI=1S/C17H24N4O3/c1-6-21-12(3)14(11(2)20-21)10-18-17(22)19-13-7-8-15(23-4)16(9-13)24-5/h7-9H,6,10H2,1-5H3,(H2,18,19,22). The summed E-state index contributed by atoms with van der Waals surface area (Å²) in [6, 6.07) is 4.93. The summed E-state index contributed by atoms with van der Waals surface area (Å²) in [5.74, 6) is 1.17. The summed E-state index contributed by atoms with van der Waals surface area (Å²) in [6.07, 6.45) is 0. The van der Waals surface area contributed by atoms with Crippen LogP contribution in [0.1, 0.15) is 23.9 Å².